The van der Waals surface area contributed by atoms with Crippen molar-refractivity contribution in [1.82, 2.24) is 0 Å². The van der Waals surface area contributed by atoms with Crippen LogP contribution in [0.25, 0.3) is 0 Å². The van der Waals surface area contributed by atoms with Crippen LogP contribution in [0.5, 0.6) is 0 Å². The Morgan fingerprint density at radius 2 is 1.60 bits per heavy atom. The third kappa shape index (κ3) is 2.79. The molecule has 2 nitrogen and oxygen atoms in total. The first kappa shape index (κ1) is 14.0. The average Bonchev–Trinajstić information content (AvgIpc) is 2.37. The van der Waals surface area contributed by atoms with Gasteiger partial charge in [-0.15, -0.1) is 0 Å². The van der Waals surface area contributed by atoms with E-state index in [2.05, 4.69) is 0 Å². The van der Waals surface area contributed by atoms with Crippen molar-refractivity contribution in [1.29, 1.82) is 0 Å². The molecule has 2 N–H and O–H groups in total. The van der Waals surface area contributed by atoms with Crippen molar-refractivity contribution in [2.75, 3.05) is 5.73 Å². The van der Waals surface area contributed by atoms with Crippen molar-refractivity contribution in [2.24, 2.45) is 0 Å². The van der Waals surface area contributed by atoms with Crippen molar-refractivity contribution in [3.05, 3.63) is 65.0 Å². The number of nitrogen functional groups attached to an aromatic ring is 1. The highest BCUT2D eigenvalue weighted by atomic mass is 19.4. The van der Waals surface area contributed by atoms with Crippen molar-refractivity contribution < 1.29 is 22.4 Å². The second-order valence-electron chi connectivity index (χ2n) is 4.14. The van der Waals surface area contributed by atoms with Gasteiger partial charge in [0.25, 0.3) is 0 Å². The Labute approximate surface area is 111 Å². The van der Waals surface area contributed by atoms with E-state index in [1.165, 1.54) is 6.07 Å². The fourth-order valence-electron chi connectivity index (χ4n) is 1.71. The van der Waals surface area contributed by atoms with E-state index in [0.29, 0.717) is 0 Å². The number of carbonyl (C=O) groups excluding carboxylic acids is 1. The van der Waals surface area contributed by atoms with E-state index in [0.717, 1.165) is 36.4 Å². The molecular weight excluding hydrogens is 274 g/mol. The molecule has 0 fully saturated rings. The number of anilines is 1. The van der Waals surface area contributed by atoms with Crippen LogP contribution in [0.1, 0.15) is 21.5 Å². The molecule has 0 atom stereocenters. The Hall–Kier alpha value is -2.37. The van der Waals surface area contributed by atoms with Gasteiger partial charge < -0.3 is 5.73 Å². The third-order valence-corrected chi connectivity index (χ3v) is 2.73. The second kappa shape index (κ2) is 4.96. The van der Waals surface area contributed by atoms with Gasteiger partial charge in [-0.05, 0) is 30.3 Å². The molecule has 0 unspecified atom stereocenters. The van der Waals surface area contributed by atoms with E-state index < -0.39 is 23.3 Å². The largest absolute Gasteiger partial charge is 0.416 e. The number of nitrogens with two attached hydrogens (primary N) is 1. The molecule has 0 radical (unpaired) electrons. The molecule has 0 amide bonds. The quantitative estimate of drug-likeness (QED) is 0.519. The Kier molecular flexibility index (Phi) is 3.48. The highest BCUT2D eigenvalue weighted by molar-refractivity contribution is 6.12. The Morgan fingerprint density at radius 1 is 1.00 bits per heavy atom. The zero-order chi connectivity index (χ0) is 14.9. The minimum absolute atomic E-state index is 0.0474. The molecule has 2 aromatic carbocycles. The maximum Gasteiger partial charge on any atom is 0.416 e. The number of alkyl halides is 3. The average molecular weight is 283 g/mol. The van der Waals surface area contributed by atoms with Gasteiger partial charge in [0.2, 0.25) is 0 Å². The molecule has 6 heteroatoms. The first-order valence-corrected chi connectivity index (χ1v) is 5.56. The SMILES string of the molecule is Nc1cc(F)ccc1C(=O)c1ccc(C(F)(F)F)cc1. The summed E-state index contributed by atoms with van der Waals surface area (Å²) in [5.41, 5.74) is 4.71. The lowest BCUT2D eigenvalue weighted by atomic mass is 10.0. The molecule has 0 saturated carbocycles. The van der Waals surface area contributed by atoms with Crippen LogP contribution in [0.3, 0.4) is 0 Å². The molecule has 2 rings (SSSR count). The second-order valence-corrected chi connectivity index (χ2v) is 4.14. The summed E-state index contributed by atoms with van der Waals surface area (Å²) in [4.78, 5) is 12.1. The third-order valence-electron chi connectivity index (χ3n) is 2.73. The molecular formula is C14H9F4NO. The molecule has 0 aromatic heterocycles. The zero-order valence-corrected chi connectivity index (χ0v) is 10.0. The summed E-state index contributed by atoms with van der Waals surface area (Å²) < 4.78 is 50.1. The van der Waals surface area contributed by atoms with Crippen LogP contribution < -0.4 is 5.73 Å². The summed E-state index contributed by atoms with van der Waals surface area (Å²) in [5.74, 6) is -1.15. The van der Waals surface area contributed by atoms with Crippen molar-refractivity contribution in [2.45, 2.75) is 6.18 Å². The molecule has 0 aliphatic heterocycles. The zero-order valence-electron chi connectivity index (χ0n) is 10.0. The predicted molar refractivity (Wildman–Crippen MR) is 65.7 cm³/mol. The van der Waals surface area contributed by atoms with Crippen LogP contribution >= 0.6 is 0 Å². The summed E-state index contributed by atoms with van der Waals surface area (Å²) in [6.45, 7) is 0. The summed E-state index contributed by atoms with van der Waals surface area (Å²) in [6, 6.07) is 7.00. The Bertz CT molecular complexity index is 647. The van der Waals surface area contributed by atoms with E-state index in [4.69, 9.17) is 5.73 Å². The first-order chi connectivity index (χ1) is 9.29. The van der Waals surface area contributed by atoms with Gasteiger partial charge in [0.05, 0.1) is 5.56 Å². The molecule has 20 heavy (non-hydrogen) atoms. The lowest BCUT2D eigenvalue weighted by Crippen LogP contribution is -2.08. The smallest absolute Gasteiger partial charge is 0.398 e. The number of halogens is 4. The van der Waals surface area contributed by atoms with Gasteiger partial charge >= 0.3 is 6.18 Å². The highest BCUT2D eigenvalue weighted by Crippen LogP contribution is 2.29. The topological polar surface area (TPSA) is 43.1 Å². The summed E-state index contributed by atoms with van der Waals surface area (Å²) in [5, 5.41) is 0. The van der Waals surface area contributed by atoms with E-state index in [1.54, 1.807) is 0 Å². The highest BCUT2D eigenvalue weighted by Gasteiger charge is 2.30. The monoisotopic (exact) mass is 283 g/mol. The standard InChI is InChI=1S/C14H9F4NO/c15-10-5-6-11(12(19)7-10)13(20)8-1-3-9(4-2-8)14(16,17)18/h1-7H,19H2. The maximum absolute atomic E-state index is 12.9. The summed E-state index contributed by atoms with van der Waals surface area (Å²) in [6.07, 6.45) is -4.46. The predicted octanol–water partition coefficient (Wildman–Crippen LogP) is 3.66. The molecule has 0 aliphatic carbocycles. The van der Waals surface area contributed by atoms with E-state index in [1.807, 2.05) is 0 Å². The lowest BCUT2D eigenvalue weighted by molar-refractivity contribution is -0.137. The maximum atomic E-state index is 12.9. The van der Waals surface area contributed by atoms with Crippen LogP contribution in [-0.2, 0) is 6.18 Å². The fourth-order valence-corrected chi connectivity index (χ4v) is 1.71. The molecule has 0 spiro atoms. The number of hydrogen-bond acceptors (Lipinski definition) is 2. The first-order valence-electron chi connectivity index (χ1n) is 5.56. The van der Waals surface area contributed by atoms with Crippen molar-refractivity contribution >= 4 is 11.5 Å². The van der Waals surface area contributed by atoms with E-state index >= 15 is 0 Å². The van der Waals surface area contributed by atoms with Gasteiger partial charge in [0.1, 0.15) is 5.82 Å². The van der Waals surface area contributed by atoms with Crippen LogP contribution in [0.2, 0.25) is 0 Å². The number of ketones is 1. The van der Waals surface area contributed by atoms with Crippen molar-refractivity contribution in [3.63, 3.8) is 0 Å². The molecule has 0 bridgehead atoms. The number of hydrogen-bond donors (Lipinski definition) is 1. The van der Waals surface area contributed by atoms with Crippen LogP contribution in [0.4, 0.5) is 23.2 Å². The van der Waals surface area contributed by atoms with Gasteiger partial charge in [-0.1, -0.05) is 12.1 Å². The minimum atomic E-state index is -4.46. The molecule has 0 aliphatic rings. The van der Waals surface area contributed by atoms with Gasteiger partial charge in [-0.25, -0.2) is 4.39 Å². The molecule has 104 valence electrons. The Morgan fingerprint density at radius 3 is 2.10 bits per heavy atom. The molecule has 0 saturated heterocycles. The number of benzene rings is 2. The van der Waals surface area contributed by atoms with Crippen LogP contribution in [-0.4, -0.2) is 5.78 Å². The van der Waals surface area contributed by atoms with Crippen LogP contribution in [0.15, 0.2) is 42.5 Å². The fraction of sp³-hybridized carbons (Fsp3) is 0.0714. The summed E-state index contributed by atoms with van der Waals surface area (Å²) in [7, 11) is 0. The van der Waals surface area contributed by atoms with Gasteiger partial charge in [-0.2, -0.15) is 13.2 Å². The normalized spacial score (nSPS) is 11.4. The van der Waals surface area contributed by atoms with Gasteiger partial charge in [0, 0.05) is 16.8 Å². The molecule has 0 heterocycles. The van der Waals surface area contributed by atoms with Gasteiger partial charge in [-0.3, -0.25) is 4.79 Å². The van der Waals surface area contributed by atoms with Gasteiger partial charge in [0.15, 0.2) is 5.78 Å². The van der Waals surface area contributed by atoms with E-state index in [-0.39, 0.29) is 16.8 Å². The lowest BCUT2D eigenvalue weighted by Gasteiger charge is -2.08. The Balaban J connectivity index is 2.34. The molecule has 2 aromatic rings. The van der Waals surface area contributed by atoms with Crippen molar-refractivity contribution in [3.8, 4) is 0 Å². The van der Waals surface area contributed by atoms with E-state index in [9.17, 15) is 22.4 Å². The minimum Gasteiger partial charge on any atom is -0.398 e. The van der Waals surface area contributed by atoms with Crippen LogP contribution in [0, 0.1) is 5.82 Å². The number of rotatable bonds is 2. The summed E-state index contributed by atoms with van der Waals surface area (Å²) >= 11 is 0. The number of carbonyl (C=O) groups is 1.